The van der Waals surface area contributed by atoms with Gasteiger partial charge < -0.3 is 10.1 Å². The SMILES string of the molecule is CCc1cc(OC[C@@H]2CCCN2)cnc1Cl. The van der Waals surface area contributed by atoms with E-state index in [2.05, 4.69) is 17.2 Å². The zero-order valence-corrected chi connectivity index (χ0v) is 10.3. The number of hydrogen-bond acceptors (Lipinski definition) is 3. The maximum atomic E-state index is 5.94. The van der Waals surface area contributed by atoms with E-state index < -0.39 is 0 Å². The molecule has 1 aliphatic rings. The topological polar surface area (TPSA) is 34.1 Å². The second-order valence-corrected chi connectivity index (χ2v) is 4.44. The lowest BCUT2D eigenvalue weighted by Crippen LogP contribution is -2.28. The van der Waals surface area contributed by atoms with Gasteiger partial charge in [0.15, 0.2) is 0 Å². The van der Waals surface area contributed by atoms with E-state index in [-0.39, 0.29) is 0 Å². The third-order valence-corrected chi connectivity index (χ3v) is 3.22. The summed E-state index contributed by atoms with van der Waals surface area (Å²) in [6, 6.07) is 2.46. The zero-order valence-electron chi connectivity index (χ0n) is 9.50. The highest BCUT2D eigenvalue weighted by Crippen LogP contribution is 2.20. The number of aromatic nitrogens is 1. The number of nitrogens with one attached hydrogen (secondary N) is 1. The van der Waals surface area contributed by atoms with Gasteiger partial charge in [-0.3, -0.25) is 0 Å². The molecule has 0 radical (unpaired) electrons. The van der Waals surface area contributed by atoms with Crippen LogP contribution < -0.4 is 10.1 Å². The smallest absolute Gasteiger partial charge is 0.138 e. The number of rotatable bonds is 4. The van der Waals surface area contributed by atoms with Gasteiger partial charge in [0.2, 0.25) is 0 Å². The first-order valence-electron chi connectivity index (χ1n) is 5.80. The minimum atomic E-state index is 0.487. The number of ether oxygens (including phenoxy) is 1. The second-order valence-electron chi connectivity index (χ2n) is 4.08. The van der Waals surface area contributed by atoms with Gasteiger partial charge in [0, 0.05) is 6.04 Å². The van der Waals surface area contributed by atoms with Gasteiger partial charge in [0.05, 0.1) is 6.20 Å². The number of nitrogens with zero attached hydrogens (tertiary/aromatic N) is 1. The summed E-state index contributed by atoms with van der Waals surface area (Å²) < 4.78 is 5.70. The Morgan fingerprint density at radius 1 is 1.62 bits per heavy atom. The van der Waals surface area contributed by atoms with E-state index in [4.69, 9.17) is 16.3 Å². The van der Waals surface area contributed by atoms with Gasteiger partial charge in [-0.05, 0) is 37.4 Å². The number of hydrogen-bond donors (Lipinski definition) is 1. The Bertz CT molecular complexity index is 351. The minimum Gasteiger partial charge on any atom is -0.490 e. The summed E-state index contributed by atoms with van der Waals surface area (Å²) in [4.78, 5) is 4.12. The molecular formula is C12H17ClN2O. The summed E-state index contributed by atoms with van der Waals surface area (Å²) in [6.45, 7) is 3.88. The van der Waals surface area contributed by atoms with Crippen molar-refractivity contribution in [2.75, 3.05) is 13.2 Å². The van der Waals surface area contributed by atoms with Gasteiger partial charge in [-0.1, -0.05) is 18.5 Å². The normalized spacial score (nSPS) is 20.0. The van der Waals surface area contributed by atoms with Crippen molar-refractivity contribution in [1.29, 1.82) is 0 Å². The van der Waals surface area contributed by atoms with Crippen molar-refractivity contribution >= 4 is 11.6 Å². The molecule has 1 saturated heterocycles. The molecule has 2 rings (SSSR count). The van der Waals surface area contributed by atoms with Crippen LogP contribution in [0.2, 0.25) is 5.15 Å². The monoisotopic (exact) mass is 240 g/mol. The lowest BCUT2D eigenvalue weighted by Gasteiger charge is -2.12. The zero-order chi connectivity index (χ0) is 11.4. The highest BCUT2D eigenvalue weighted by molar-refractivity contribution is 6.30. The molecule has 4 heteroatoms. The van der Waals surface area contributed by atoms with Crippen LogP contribution in [0.25, 0.3) is 0 Å². The van der Waals surface area contributed by atoms with E-state index >= 15 is 0 Å². The molecule has 88 valence electrons. The highest BCUT2D eigenvalue weighted by atomic mass is 35.5. The van der Waals surface area contributed by atoms with E-state index in [1.165, 1.54) is 12.8 Å². The first kappa shape index (κ1) is 11.7. The molecular weight excluding hydrogens is 224 g/mol. The van der Waals surface area contributed by atoms with Crippen LogP contribution in [0, 0.1) is 0 Å². The van der Waals surface area contributed by atoms with Crippen LogP contribution in [-0.2, 0) is 6.42 Å². The molecule has 0 aliphatic carbocycles. The predicted octanol–water partition coefficient (Wildman–Crippen LogP) is 2.43. The van der Waals surface area contributed by atoms with Crippen molar-refractivity contribution in [2.45, 2.75) is 32.2 Å². The van der Waals surface area contributed by atoms with Crippen LogP contribution in [0.3, 0.4) is 0 Å². The van der Waals surface area contributed by atoms with E-state index in [9.17, 15) is 0 Å². The Hall–Kier alpha value is -0.800. The lowest BCUT2D eigenvalue weighted by atomic mass is 10.2. The first-order valence-corrected chi connectivity index (χ1v) is 6.18. The molecule has 1 aromatic heterocycles. The van der Waals surface area contributed by atoms with Gasteiger partial charge in [-0.2, -0.15) is 0 Å². The van der Waals surface area contributed by atoms with Gasteiger partial charge in [0.25, 0.3) is 0 Å². The highest BCUT2D eigenvalue weighted by Gasteiger charge is 2.14. The van der Waals surface area contributed by atoms with E-state index in [1.54, 1.807) is 6.20 Å². The Morgan fingerprint density at radius 3 is 3.19 bits per heavy atom. The molecule has 16 heavy (non-hydrogen) atoms. The quantitative estimate of drug-likeness (QED) is 0.821. The fraction of sp³-hybridized carbons (Fsp3) is 0.583. The van der Waals surface area contributed by atoms with Crippen LogP contribution in [0.15, 0.2) is 12.3 Å². The summed E-state index contributed by atoms with van der Waals surface area (Å²) in [5.41, 5.74) is 1.04. The third-order valence-electron chi connectivity index (χ3n) is 2.88. The molecule has 0 amide bonds. The number of pyridine rings is 1. The summed E-state index contributed by atoms with van der Waals surface area (Å²) in [5, 5.41) is 3.97. The molecule has 2 heterocycles. The molecule has 1 atom stereocenters. The minimum absolute atomic E-state index is 0.487. The van der Waals surface area contributed by atoms with E-state index in [1.807, 2.05) is 6.07 Å². The van der Waals surface area contributed by atoms with Crippen LogP contribution in [0.4, 0.5) is 0 Å². The third kappa shape index (κ3) is 2.86. The molecule has 0 unspecified atom stereocenters. The van der Waals surface area contributed by atoms with Crippen LogP contribution in [0.5, 0.6) is 5.75 Å². The van der Waals surface area contributed by atoms with Gasteiger partial charge in [0.1, 0.15) is 17.5 Å². The fourth-order valence-corrected chi connectivity index (χ4v) is 2.13. The van der Waals surface area contributed by atoms with Crippen molar-refractivity contribution in [3.05, 3.63) is 23.0 Å². The maximum absolute atomic E-state index is 5.94. The fourth-order valence-electron chi connectivity index (χ4n) is 1.89. The predicted molar refractivity (Wildman–Crippen MR) is 65.1 cm³/mol. The number of halogens is 1. The Kier molecular flexibility index (Phi) is 4.02. The molecule has 0 saturated carbocycles. The van der Waals surface area contributed by atoms with Gasteiger partial charge in [-0.25, -0.2) is 4.98 Å². The van der Waals surface area contributed by atoms with Crippen LogP contribution >= 0.6 is 11.6 Å². The van der Waals surface area contributed by atoms with Gasteiger partial charge in [-0.15, -0.1) is 0 Å². The van der Waals surface area contributed by atoms with Crippen molar-refractivity contribution in [3.63, 3.8) is 0 Å². The van der Waals surface area contributed by atoms with E-state index in [0.717, 1.165) is 24.3 Å². The summed E-state index contributed by atoms with van der Waals surface area (Å²) in [6.07, 6.45) is 5.01. The molecule has 1 aliphatic heterocycles. The maximum Gasteiger partial charge on any atom is 0.138 e. The second kappa shape index (κ2) is 5.51. The van der Waals surface area contributed by atoms with Crippen molar-refractivity contribution in [2.24, 2.45) is 0 Å². The Balaban J connectivity index is 1.93. The molecule has 0 bridgehead atoms. The molecule has 0 spiro atoms. The van der Waals surface area contributed by atoms with Crippen LogP contribution in [0.1, 0.15) is 25.3 Å². The molecule has 0 aromatic carbocycles. The lowest BCUT2D eigenvalue weighted by molar-refractivity contribution is 0.276. The summed E-state index contributed by atoms with van der Waals surface area (Å²) in [7, 11) is 0. The van der Waals surface area contributed by atoms with Crippen molar-refractivity contribution in [1.82, 2.24) is 10.3 Å². The molecule has 1 aromatic rings. The largest absolute Gasteiger partial charge is 0.490 e. The molecule has 3 nitrogen and oxygen atoms in total. The Labute approximate surface area is 101 Å². The summed E-state index contributed by atoms with van der Waals surface area (Å²) >= 11 is 5.94. The van der Waals surface area contributed by atoms with Crippen molar-refractivity contribution < 1.29 is 4.74 Å². The van der Waals surface area contributed by atoms with Crippen molar-refractivity contribution in [3.8, 4) is 5.75 Å². The Morgan fingerprint density at radius 2 is 2.50 bits per heavy atom. The molecule has 1 N–H and O–H groups in total. The average molecular weight is 241 g/mol. The molecule has 1 fully saturated rings. The van der Waals surface area contributed by atoms with Gasteiger partial charge >= 0.3 is 0 Å². The standard InChI is InChI=1S/C12H17ClN2O/c1-2-9-6-11(7-15-12(9)13)16-8-10-4-3-5-14-10/h6-7,10,14H,2-5,8H2,1H3/t10-/m0/s1. The summed E-state index contributed by atoms with van der Waals surface area (Å²) in [5.74, 6) is 0.815. The van der Waals surface area contributed by atoms with Crippen LogP contribution in [-0.4, -0.2) is 24.2 Å². The van der Waals surface area contributed by atoms with E-state index in [0.29, 0.717) is 17.8 Å². The first-order chi connectivity index (χ1) is 7.79. The average Bonchev–Trinajstić information content (AvgIpc) is 2.81. The number of aryl methyl sites for hydroxylation is 1.